The van der Waals surface area contributed by atoms with Gasteiger partial charge in [0.2, 0.25) is 0 Å². The molecule has 0 rings (SSSR count). The van der Waals surface area contributed by atoms with Crippen LogP contribution in [-0.4, -0.2) is 11.9 Å². The number of nitrogens with one attached hydrogen (secondary N) is 1. The van der Waals surface area contributed by atoms with E-state index in [1.54, 1.807) is 6.41 Å². The molecule has 0 aromatic rings. The third-order valence-corrected chi connectivity index (χ3v) is 2.64. The van der Waals surface area contributed by atoms with Gasteiger partial charge in [-0.05, 0) is 25.7 Å². The summed E-state index contributed by atoms with van der Waals surface area (Å²) in [7, 11) is 0. The lowest BCUT2D eigenvalue weighted by Crippen LogP contribution is -2.40. The van der Waals surface area contributed by atoms with Crippen molar-refractivity contribution in [3.63, 3.8) is 0 Å². The summed E-state index contributed by atoms with van der Waals surface area (Å²) in [6.07, 6.45) is 6.23. The molecule has 0 aliphatic carbocycles. The summed E-state index contributed by atoms with van der Waals surface area (Å²) in [5.41, 5.74) is -0.0450. The highest BCUT2D eigenvalue weighted by atomic mass is 16.1. The smallest absolute Gasteiger partial charge is 0.309 e. The number of carbonyl (C=O) groups excluding carboxylic acids is 1. The molecule has 0 aliphatic heterocycles. The Hall–Kier alpha value is -0.530. The zero-order valence-electron chi connectivity index (χ0n) is 9.31. The molecule has 1 amide bonds. The zero-order chi connectivity index (χ0) is 10.3. The highest BCUT2D eigenvalue weighted by Crippen LogP contribution is 2.18. The van der Waals surface area contributed by atoms with Crippen LogP contribution in [0.3, 0.4) is 0 Å². The lowest BCUT2D eigenvalue weighted by molar-refractivity contribution is 0.340. The molecule has 13 heavy (non-hydrogen) atoms. The fourth-order valence-electron chi connectivity index (χ4n) is 1.35. The maximum atomic E-state index is 10.2. The van der Waals surface area contributed by atoms with E-state index in [1.807, 2.05) is 0 Å². The Bertz CT molecular complexity index is 145. The van der Waals surface area contributed by atoms with Crippen molar-refractivity contribution in [2.75, 3.05) is 0 Å². The Morgan fingerprint density at radius 1 is 1.46 bits per heavy atom. The highest BCUT2D eigenvalue weighted by Gasteiger charge is 2.20. The monoisotopic (exact) mass is 184 g/mol. The summed E-state index contributed by atoms with van der Waals surface area (Å²) in [5, 5.41) is 2.78. The van der Waals surface area contributed by atoms with Crippen molar-refractivity contribution in [2.45, 2.75) is 58.9 Å². The molecule has 1 N–H and O–H groups in total. The molecule has 2 heteroatoms. The van der Waals surface area contributed by atoms with Crippen molar-refractivity contribution in [1.82, 2.24) is 5.32 Å². The predicted molar refractivity (Wildman–Crippen MR) is 56.2 cm³/mol. The lowest BCUT2D eigenvalue weighted by atomic mass is 9.90. The maximum Gasteiger partial charge on any atom is 0.309 e. The fourth-order valence-corrected chi connectivity index (χ4v) is 1.35. The van der Waals surface area contributed by atoms with Gasteiger partial charge in [0.1, 0.15) is 0 Å². The van der Waals surface area contributed by atoms with E-state index in [0.717, 1.165) is 18.8 Å². The molecule has 2 nitrogen and oxygen atoms in total. The van der Waals surface area contributed by atoms with Gasteiger partial charge in [-0.1, -0.05) is 33.6 Å². The van der Waals surface area contributed by atoms with Gasteiger partial charge in [-0.3, -0.25) is 4.79 Å². The van der Waals surface area contributed by atoms with Crippen molar-refractivity contribution < 1.29 is 4.79 Å². The van der Waals surface area contributed by atoms with Gasteiger partial charge in [-0.25, -0.2) is 0 Å². The molecule has 0 fully saturated rings. The molecule has 0 saturated carbocycles. The first kappa shape index (κ1) is 12.5. The van der Waals surface area contributed by atoms with Gasteiger partial charge in [-0.15, -0.1) is 0 Å². The number of hydrogen-bond acceptors (Lipinski definition) is 1. The third kappa shape index (κ3) is 5.67. The molecule has 1 unspecified atom stereocenters. The number of amides is 1. The zero-order valence-corrected chi connectivity index (χ0v) is 9.31. The SMILES string of the molecule is CCC(C)(CCCC(C)C)N[C]=O. The number of hydrogen-bond donors (Lipinski definition) is 1. The van der Waals surface area contributed by atoms with Crippen molar-refractivity contribution in [1.29, 1.82) is 0 Å². The Kier molecular flexibility index (Phi) is 5.76. The summed E-state index contributed by atoms with van der Waals surface area (Å²) in [5.74, 6) is 0.751. The van der Waals surface area contributed by atoms with E-state index >= 15 is 0 Å². The maximum absolute atomic E-state index is 10.2. The van der Waals surface area contributed by atoms with E-state index in [9.17, 15) is 4.79 Å². The fraction of sp³-hybridized carbons (Fsp3) is 0.909. The largest absolute Gasteiger partial charge is 0.343 e. The average molecular weight is 184 g/mol. The summed E-state index contributed by atoms with van der Waals surface area (Å²) in [4.78, 5) is 10.2. The standard InChI is InChI=1S/C11H22NO/c1-5-11(4,12-9-13)8-6-7-10(2)3/h10H,5-8H2,1-4H3,(H,12,13). The van der Waals surface area contributed by atoms with Crippen LogP contribution >= 0.6 is 0 Å². The molecular formula is C11H22NO. The van der Waals surface area contributed by atoms with Gasteiger partial charge >= 0.3 is 6.41 Å². The predicted octanol–water partition coefficient (Wildman–Crippen LogP) is 2.64. The van der Waals surface area contributed by atoms with Crippen LogP contribution in [0, 0.1) is 5.92 Å². The van der Waals surface area contributed by atoms with Gasteiger partial charge < -0.3 is 5.32 Å². The van der Waals surface area contributed by atoms with Gasteiger partial charge in [0.25, 0.3) is 0 Å². The van der Waals surface area contributed by atoms with Crippen molar-refractivity contribution in [3.8, 4) is 0 Å². The third-order valence-electron chi connectivity index (χ3n) is 2.64. The minimum atomic E-state index is -0.0450. The first-order valence-electron chi connectivity index (χ1n) is 5.18. The van der Waals surface area contributed by atoms with Crippen LogP contribution < -0.4 is 5.32 Å². The van der Waals surface area contributed by atoms with Crippen LogP contribution in [0.5, 0.6) is 0 Å². The minimum Gasteiger partial charge on any atom is -0.343 e. The van der Waals surface area contributed by atoms with Gasteiger partial charge in [0.05, 0.1) is 0 Å². The van der Waals surface area contributed by atoms with Crippen molar-refractivity contribution >= 4 is 6.41 Å². The van der Waals surface area contributed by atoms with E-state index in [1.165, 1.54) is 12.8 Å². The second-order valence-corrected chi connectivity index (χ2v) is 4.43. The van der Waals surface area contributed by atoms with E-state index in [4.69, 9.17) is 0 Å². The molecule has 1 atom stereocenters. The molecule has 0 heterocycles. The summed E-state index contributed by atoms with van der Waals surface area (Å²) < 4.78 is 0. The van der Waals surface area contributed by atoms with Crippen LogP contribution in [0.2, 0.25) is 0 Å². The number of rotatable bonds is 7. The highest BCUT2D eigenvalue weighted by molar-refractivity contribution is 5.48. The van der Waals surface area contributed by atoms with Crippen LogP contribution in [0.1, 0.15) is 53.4 Å². The summed E-state index contributed by atoms with van der Waals surface area (Å²) >= 11 is 0. The second-order valence-electron chi connectivity index (χ2n) is 4.43. The molecular weight excluding hydrogens is 162 g/mol. The Labute approximate surface area is 82.1 Å². The Balaban J connectivity index is 3.76. The lowest BCUT2D eigenvalue weighted by Gasteiger charge is -2.27. The first-order valence-corrected chi connectivity index (χ1v) is 5.18. The average Bonchev–Trinajstić information content (AvgIpc) is 2.04. The Morgan fingerprint density at radius 2 is 2.08 bits per heavy atom. The molecule has 0 saturated heterocycles. The topological polar surface area (TPSA) is 29.1 Å². The van der Waals surface area contributed by atoms with Gasteiger partial charge in [0.15, 0.2) is 0 Å². The quantitative estimate of drug-likeness (QED) is 0.605. The van der Waals surface area contributed by atoms with E-state index in [0.29, 0.717) is 0 Å². The second kappa shape index (κ2) is 6.01. The molecule has 0 aromatic carbocycles. The molecule has 0 spiro atoms. The van der Waals surface area contributed by atoms with Crippen LogP contribution in [0.15, 0.2) is 0 Å². The van der Waals surface area contributed by atoms with Gasteiger partial charge in [0, 0.05) is 5.54 Å². The first-order chi connectivity index (χ1) is 6.04. The van der Waals surface area contributed by atoms with Gasteiger partial charge in [-0.2, -0.15) is 0 Å². The molecule has 0 aromatic heterocycles. The summed E-state index contributed by atoms with van der Waals surface area (Å²) in [6.45, 7) is 8.63. The van der Waals surface area contributed by atoms with E-state index in [2.05, 4.69) is 33.0 Å². The van der Waals surface area contributed by atoms with Crippen LogP contribution in [-0.2, 0) is 4.79 Å². The molecule has 77 valence electrons. The van der Waals surface area contributed by atoms with E-state index < -0.39 is 0 Å². The minimum absolute atomic E-state index is 0.0450. The normalized spacial score (nSPS) is 15.5. The van der Waals surface area contributed by atoms with E-state index in [-0.39, 0.29) is 5.54 Å². The Morgan fingerprint density at radius 3 is 2.46 bits per heavy atom. The van der Waals surface area contributed by atoms with Crippen molar-refractivity contribution in [2.24, 2.45) is 5.92 Å². The van der Waals surface area contributed by atoms with Crippen LogP contribution in [0.25, 0.3) is 0 Å². The molecule has 0 bridgehead atoms. The summed E-state index contributed by atoms with van der Waals surface area (Å²) in [6, 6.07) is 0. The van der Waals surface area contributed by atoms with Crippen LogP contribution in [0.4, 0.5) is 0 Å². The molecule has 0 aliphatic rings. The van der Waals surface area contributed by atoms with Crippen molar-refractivity contribution in [3.05, 3.63) is 0 Å². The molecule has 1 radical (unpaired) electrons.